The molecule has 0 spiro atoms. The third kappa shape index (κ3) is 3.36. The topological polar surface area (TPSA) is 96.4 Å². The van der Waals surface area contributed by atoms with E-state index < -0.39 is 20.0 Å². The van der Waals surface area contributed by atoms with Crippen molar-refractivity contribution >= 4 is 30.9 Å². The lowest BCUT2D eigenvalue weighted by atomic mass is 10.1. The Bertz CT molecular complexity index is 1020. The number of sulfonamides is 2. The molecule has 0 radical (unpaired) electrons. The maximum atomic E-state index is 12.8. The van der Waals surface area contributed by atoms with Crippen molar-refractivity contribution in [3.8, 4) is 0 Å². The van der Waals surface area contributed by atoms with Crippen molar-refractivity contribution in [3.05, 3.63) is 36.5 Å². The van der Waals surface area contributed by atoms with E-state index in [1.54, 1.807) is 36.5 Å². The molecule has 4 rings (SSSR count). The zero-order valence-corrected chi connectivity index (χ0v) is 15.8. The van der Waals surface area contributed by atoms with E-state index in [0.717, 1.165) is 12.8 Å². The predicted octanol–water partition coefficient (Wildman–Crippen LogP) is 1.47. The molecule has 1 aromatic heterocycles. The van der Waals surface area contributed by atoms with E-state index >= 15 is 0 Å². The molecule has 1 saturated carbocycles. The van der Waals surface area contributed by atoms with Gasteiger partial charge in [-0.3, -0.25) is 4.98 Å². The van der Waals surface area contributed by atoms with Crippen molar-refractivity contribution in [1.82, 2.24) is 14.0 Å². The number of benzene rings is 1. The van der Waals surface area contributed by atoms with Crippen LogP contribution >= 0.6 is 0 Å². The number of pyridine rings is 1. The van der Waals surface area contributed by atoms with Gasteiger partial charge in [-0.15, -0.1) is 0 Å². The molecule has 9 heteroatoms. The Kier molecular flexibility index (Phi) is 4.50. The van der Waals surface area contributed by atoms with Crippen LogP contribution in [-0.2, 0) is 20.0 Å². The van der Waals surface area contributed by atoms with Gasteiger partial charge < -0.3 is 0 Å². The quantitative estimate of drug-likeness (QED) is 0.827. The molecule has 0 amide bonds. The lowest BCUT2D eigenvalue weighted by molar-refractivity contribution is 0.308. The molecular formula is C17H21N3O4S2. The number of nitrogens with zero attached hydrogens (tertiary/aromatic N) is 2. The second-order valence-electron chi connectivity index (χ2n) is 6.87. The lowest BCUT2D eigenvalue weighted by Gasteiger charge is -2.31. The average Bonchev–Trinajstić information content (AvgIpc) is 3.47. The minimum Gasteiger partial charge on any atom is -0.256 e. The molecular weight excluding hydrogens is 374 g/mol. The van der Waals surface area contributed by atoms with Crippen molar-refractivity contribution in [1.29, 1.82) is 0 Å². The fraction of sp³-hybridized carbons (Fsp3) is 0.471. The molecule has 2 aliphatic rings. The van der Waals surface area contributed by atoms with Gasteiger partial charge >= 0.3 is 0 Å². The number of piperidine rings is 1. The van der Waals surface area contributed by atoms with Crippen LogP contribution in [0.4, 0.5) is 0 Å². The van der Waals surface area contributed by atoms with Gasteiger partial charge in [0.15, 0.2) is 0 Å². The van der Waals surface area contributed by atoms with Crippen molar-refractivity contribution in [3.63, 3.8) is 0 Å². The molecule has 0 atom stereocenters. The SMILES string of the molecule is O=S(=O)(NC1CCN(S(=O)(=O)C2CC2)CC1)c1cccc2ncccc12. The van der Waals surface area contributed by atoms with E-state index in [2.05, 4.69) is 9.71 Å². The molecule has 1 aliphatic carbocycles. The molecule has 1 aliphatic heterocycles. The van der Waals surface area contributed by atoms with Crippen molar-refractivity contribution in [2.75, 3.05) is 13.1 Å². The summed E-state index contributed by atoms with van der Waals surface area (Å²) in [5, 5.41) is 0.357. The van der Waals surface area contributed by atoms with Crippen LogP contribution in [0, 0.1) is 0 Å². The van der Waals surface area contributed by atoms with Crippen molar-refractivity contribution in [2.45, 2.75) is 41.9 Å². The van der Waals surface area contributed by atoms with E-state index in [1.807, 2.05) is 0 Å². The largest absolute Gasteiger partial charge is 0.256 e. The molecule has 140 valence electrons. The number of hydrogen-bond donors (Lipinski definition) is 1. The molecule has 2 fully saturated rings. The zero-order valence-electron chi connectivity index (χ0n) is 14.2. The Morgan fingerprint density at radius 2 is 1.69 bits per heavy atom. The van der Waals surface area contributed by atoms with Crippen LogP contribution in [0.15, 0.2) is 41.4 Å². The Labute approximate surface area is 153 Å². The predicted molar refractivity (Wildman–Crippen MR) is 98.6 cm³/mol. The molecule has 26 heavy (non-hydrogen) atoms. The smallest absolute Gasteiger partial charge is 0.241 e. The van der Waals surface area contributed by atoms with Crippen molar-refractivity contribution < 1.29 is 16.8 Å². The number of nitrogens with one attached hydrogen (secondary N) is 1. The van der Waals surface area contributed by atoms with Gasteiger partial charge in [0.25, 0.3) is 0 Å². The van der Waals surface area contributed by atoms with Gasteiger partial charge in [0, 0.05) is 30.7 Å². The second kappa shape index (κ2) is 6.56. The number of rotatable bonds is 5. The van der Waals surface area contributed by atoms with Crippen LogP contribution in [0.5, 0.6) is 0 Å². The Morgan fingerprint density at radius 1 is 0.962 bits per heavy atom. The van der Waals surface area contributed by atoms with Gasteiger partial charge in [-0.2, -0.15) is 0 Å². The molecule has 7 nitrogen and oxygen atoms in total. The first-order chi connectivity index (χ1) is 12.4. The summed E-state index contributed by atoms with van der Waals surface area (Å²) < 4.78 is 54.5. The van der Waals surface area contributed by atoms with Gasteiger partial charge in [0.1, 0.15) is 0 Å². The third-order valence-electron chi connectivity index (χ3n) is 4.98. The minimum atomic E-state index is -3.70. The number of aromatic nitrogens is 1. The summed E-state index contributed by atoms with van der Waals surface area (Å²) in [6.45, 7) is 0.728. The summed E-state index contributed by atoms with van der Waals surface area (Å²) in [7, 11) is -6.89. The van der Waals surface area contributed by atoms with Crippen LogP contribution in [0.1, 0.15) is 25.7 Å². The highest BCUT2D eigenvalue weighted by atomic mass is 32.2. The van der Waals surface area contributed by atoms with Crippen LogP contribution in [-0.4, -0.2) is 50.5 Å². The zero-order chi connectivity index (χ0) is 18.4. The normalized spacial score (nSPS) is 20.5. The summed E-state index contributed by atoms with van der Waals surface area (Å²) >= 11 is 0. The van der Waals surface area contributed by atoms with E-state index in [-0.39, 0.29) is 16.2 Å². The first-order valence-corrected chi connectivity index (χ1v) is 11.7. The van der Waals surface area contributed by atoms with E-state index in [4.69, 9.17) is 0 Å². The average molecular weight is 396 g/mol. The van der Waals surface area contributed by atoms with Crippen LogP contribution in [0.2, 0.25) is 0 Å². The second-order valence-corrected chi connectivity index (χ2v) is 10.8. The fourth-order valence-electron chi connectivity index (χ4n) is 3.40. The fourth-order valence-corrected chi connectivity index (χ4v) is 6.79. The van der Waals surface area contributed by atoms with Gasteiger partial charge in [-0.05, 0) is 49.9 Å². The number of hydrogen-bond acceptors (Lipinski definition) is 5. The highest BCUT2D eigenvalue weighted by Crippen LogP contribution is 2.32. The lowest BCUT2D eigenvalue weighted by Crippen LogP contribution is -2.47. The molecule has 1 N–H and O–H groups in total. The Balaban J connectivity index is 1.49. The van der Waals surface area contributed by atoms with Crippen LogP contribution in [0.25, 0.3) is 10.9 Å². The summed E-state index contributed by atoms with van der Waals surface area (Å²) in [4.78, 5) is 4.40. The molecule has 2 aromatic rings. The van der Waals surface area contributed by atoms with Gasteiger partial charge in [0.05, 0.1) is 15.7 Å². The molecule has 2 heterocycles. The summed E-state index contributed by atoms with van der Waals surface area (Å²) in [6.07, 6.45) is 4.07. The first kappa shape index (κ1) is 17.8. The van der Waals surface area contributed by atoms with Crippen LogP contribution in [0.3, 0.4) is 0 Å². The Hall–Kier alpha value is -1.55. The highest BCUT2D eigenvalue weighted by molar-refractivity contribution is 7.90. The summed E-state index contributed by atoms with van der Waals surface area (Å²) in [6, 6.07) is 8.20. The molecule has 0 bridgehead atoms. The Morgan fingerprint density at radius 3 is 2.38 bits per heavy atom. The summed E-state index contributed by atoms with van der Waals surface area (Å²) in [5.41, 5.74) is 0.626. The monoisotopic (exact) mass is 395 g/mol. The highest BCUT2D eigenvalue weighted by Gasteiger charge is 2.41. The molecule has 0 unspecified atom stereocenters. The standard InChI is InChI=1S/C17H21N3O4S2/c21-25(22,17-5-1-4-16-15(17)3-2-10-18-16)19-13-8-11-20(12-9-13)26(23,24)14-6-7-14/h1-5,10,13-14,19H,6-9,11-12H2. The maximum Gasteiger partial charge on any atom is 0.241 e. The van der Waals surface area contributed by atoms with Gasteiger partial charge in [0.2, 0.25) is 20.0 Å². The van der Waals surface area contributed by atoms with Crippen molar-refractivity contribution in [2.24, 2.45) is 0 Å². The number of fused-ring (bicyclic) bond motifs is 1. The minimum absolute atomic E-state index is 0.205. The summed E-state index contributed by atoms with van der Waals surface area (Å²) in [5.74, 6) is 0. The first-order valence-electron chi connectivity index (χ1n) is 8.73. The van der Waals surface area contributed by atoms with Gasteiger partial charge in [-0.25, -0.2) is 25.9 Å². The van der Waals surface area contributed by atoms with Crippen LogP contribution < -0.4 is 4.72 Å². The van der Waals surface area contributed by atoms with E-state index in [1.165, 1.54) is 4.31 Å². The van der Waals surface area contributed by atoms with E-state index in [0.29, 0.717) is 36.8 Å². The molecule has 1 saturated heterocycles. The van der Waals surface area contributed by atoms with E-state index in [9.17, 15) is 16.8 Å². The molecule has 1 aromatic carbocycles. The third-order valence-corrected chi connectivity index (χ3v) is 8.95. The maximum absolute atomic E-state index is 12.8. The van der Waals surface area contributed by atoms with Gasteiger partial charge in [-0.1, -0.05) is 6.07 Å².